The van der Waals surface area contributed by atoms with Gasteiger partial charge >= 0.3 is 6.18 Å². The third-order valence-corrected chi connectivity index (χ3v) is 2.28. The molecule has 0 bridgehead atoms. The summed E-state index contributed by atoms with van der Waals surface area (Å²) in [7, 11) is 0. The fourth-order valence-corrected chi connectivity index (χ4v) is 1.52. The molecule has 0 saturated heterocycles. The van der Waals surface area contributed by atoms with Gasteiger partial charge in [-0.05, 0) is 19.3 Å². The number of carbonyl (C=O) groups is 1. The molecule has 1 nitrogen and oxygen atoms in total. The van der Waals surface area contributed by atoms with E-state index in [1.54, 1.807) is 0 Å². The van der Waals surface area contributed by atoms with Crippen LogP contribution in [0.15, 0.2) is 0 Å². The lowest BCUT2D eigenvalue weighted by atomic mass is 9.93. The van der Waals surface area contributed by atoms with Crippen LogP contribution in [0.5, 0.6) is 0 Å². The van der Waals surface area contributed by atoms with Gasteiger partial charge in [0.15, 0.2) is 0 Å². The van der Waals surface area contributed by atoms with Crippen LogP contribution >= 0.6 is 0 Å². The summed E-state index contributed by atoms with van der Waals surface area (Å²) in [5.41, 5.74) is -3.27. The molecule has 0 aliphatic heterocycles. The average Bonchev–Trinajstić information content (AvgIpc) is 2.30. The molecule has 0 spiro atoms. The predicted octanol–water partition coefficient (Wildman–Crippen LogP) is 2.26. The fraction of sp³-hybridized carbons (Fsp3) is 0.857. The van der Waals surface area contributed by atoms with Crippen LogP contribution in [0.4, 0.5) is 17.6 Å². The molecule has 2 unspecified atom stereocenters. The van der Waals surface area contributed by atoms with Crippen LogP contribution in [0.1, 0.15) is 19.3 Å². The van der Waals surface area contributed by atoms with Crippen molar-refractivity contribution in [3.05, 3.63) is 0 Å². The standard InChI is InChI=1S/C7H8F4O/c8-6(7(9,10)11)3-1-2-5(6)4-12/h4-5H,1-3H2. The Morgan fingerprint density at radius 3 is 2.33 bits per heavy atom. The van der Waals surface area contributed by atoms with Gasteiger partial charge in [0.1, 0.15) is 6.29 Å². The molecule has 0 aromatic carbocycles. The number of alkyl halides is 4. The van der Waals surface area contributed by atoms with E-state index >= 15 is 0 Å². The van der Waals surface area contributed by atoms with Crippen molar-refractivity contribution in [1.29, 1.82) is 0 Å². The van der Waals surface area contributed by atoms with Crippen molar-refractivity contribution < 1.29 is 22.4 Å². The Labute approximate surface area is 66.7 Å². The zero-order valence-electron chi connectivity index (χ0n) is 6.20. The maximum Gasteiger partial charge on any atom is 0.423 e. The second-order valence-electron chi connectivity index (χ2n) is 3.00. The highest BCUT2D eigenvalue weighted by atomic mass is 19.4. The minimum absolute atomic E-state index is 0.000486. The van der Waals surface area contributed by atoms with Crippen molar-refractivity contribution >= 4 is 6.29 Å². The van der Waals surface area contributed by atoms with Gasteiger partial charge < -0.3 is 4.79 Å². The molecule has 0 aromatic heterocycles. The summed E-state index contributed by atoms with van der Waals surface area (Å²) in [6, 6.07) is 0. The van der Waals surface area contributed by atoms with Crippen molar-refractivity contribution in [3.63, 3.8) is 0 Å². The van der Waals surface area contributed by atoms with Crippen molar-refractivity contribution in [2.75, 3.05) is 0 Å². The minimum Gasteiger partial charge on any atom is -0.303 e. The fourth-order valence-electron chi connectivity index (χ4n) is 1.52. The van der Waals surface area contributed by atoms with Gasteiger partial charge in [0.2, 0.25) is 5.67 Å². The molecule has 1 rings (SSSR count). The third-order valence-electron chi connectivity index (χ3n) is 2.28. The first-order valence-corrected chi connectivity index (χ1v) is 3.63. The molecule has 0 radical (unpaired) electrons. The Hall–Kier alpha value is -0.610. The Morgan fingerprint density at radius 2 is 2.00 bits per heavy atom. The highest BCUT2D eigenvalue weighted by molar-refractivity contribution is 5.57. The van der Waals surface area contributed by atoms with Gasteiger partial charge in [0, 0.05) is 0 Å². The SMILES string of the molecule is O=CC1CCCC1(F)C(F)(F)F. The number of hydrogen-bond donors (Lipinski definition) is 0. The van der Waals surface area contributed by atoms with Gasteiger partial charge in [-0.15, -0.1) is 0 Å². The van der Waals surface area contributed by atoms with Crippen LogP contribution in [0.25, 0.3) is 0 Å². The largest absolute Gasteiger partial charge is 0.423 e. The smallest absolute Gasteiger partial charge is 0.303 e. The zero-order chi connectivity index (χ0) is 9.41. The molecule has 12 heavy (non-hydrogen) atoms. The van der Waals surface area contributed by atoms with E-state index in [0.29, 0.717) is 0 Å². The molecule has 70 valence electrons. The Bertz CT molecular complexity index is 188. The van der Waals surface area contributed by atoms with Crippen LogP contribution in [-0.2, 0) is 4.79 Å². The second-order valence-corrected chi connectivity index (χ2v) is 3.00. The molecule has 2 atom stereocenters. The molecule has 0 N–H and O–H groups in total. The van der Waals surface area contributed by atoms with E-state index in [2.05, 4.69) is 0 Å². The summed E-state index contributed by atoms with van der Waals surface area (Å²) in [4.78, 5) is 10.1. The van der Waals surface area contributed by atoms with E-state index in [0.717, 1.165) is 0 Å². The van der Waals surface area contributed by atoms with E-state index in [-0.39, 0.29) is 19.1 Å². The number of aldehydes is 1. The number of rotatable bonds is 1. The van der Waals surface area contributed by atoms with Gasteiger partial charge in [0.25, 0.3) is 0 Å². The monoisotopic (exact) mass is 184 g/mol. The highest BCUT2D eigenvalue weighted by Gasteiger charge is 2.62. The predicted molar refractivity (Wildman–Crippen MR) is 33.3 cm³/mol. The first-order chi connectivity index (χ1) is 5.42. The van der Waals surface area contributed by atoms with E-state index in [9.17, 15) is 22.4 Å². The molecule has 0 heterocycles. The molecule has 0 aromatic rings. The maximum atomic E-state index is 13.1. The molecule has 1 fully saturated rings. The lowest BCUT2D eigenvalue weighted by Crippen LogP contribution is -2.44. The summed E-state index contributed by atoms with van der Waals surface area (Å²) >= 11 is 0. The van der Waals surface area contributed by atoms with Crippen LogP contribution in [-0.4, -0.2) is 18.1 Å². The van der Waals surface area contributed by atoms with Crippen LogP contribution in [0.3, 0.4) is 0 Å². The van der Waals surface area contributed by atoms with E-state index in [4.69, 9.17) is 0 Å². The quantitative estimate of drug-likeness (QED) is 0.451. The van der Waals surface area contributed by atoms with Crippen LogP contribution in [0.2, 0.25) is 0 Å². The molecule has 1 aliphatic rings. The molecular formula is C7H8F4O. The van der Waals surface area contributed by atoms with Gasteiger partial charge in [-0.2, -0.15) is 13.2 Å². The van der Waals surface area contributed by atoms with Crippen molar-refractivity contribution in [1.82, 2.24) is 0 Å². The van der Waals surface area contributed by atoms with Crippen molar-refractivity contribution in [2.45, 2.75) is 31.1 Å². The second kappa shape index (κ2) is 2.71. The summed E-state index contributed by atoms with van der Waals surface area (Å²) in [6.07, 6.45) is -5.30. The van der Waals surface area contributed by atoms with E-state index < -0.39 is 24.2 Å². The van der Waals surface area contributed by atoms with Crippen molar-refractivity contribution in [3.8, 4) is 0 Å². The molecular weight excluding hydrogens is 176 g/mol. The van der Waals surface area contributed by atoms with Crippen LogP contribution < -0.4 is 0 Å². The zero-order valence-corrected chi connectivity index (χ0v) is 6.20. The first-order valence-electron chi connectivity index (χ1n) is 3.63. The molecule has 1 saturated carbocycles. The summed E-state index contributed by atoms with van der Waals surface area (Å²) in [5.74, 6) is -1.50. The Kier molecular flexibility index (Phi) is 2.14. The lowest BCUT2D eigenvalue weighted by Gasteiger charge is -2.26. The number of carbonyl (C=O) groups excluding carboxylic acids is 1. The molecule has 0 amide bonds. The van der Waals surface area contributed by atoms with Gasteiger partial charge in [-0.3, -0.25) is 0 Å². The molecule has 5 heteroatoms. The Balaban J connectivity index is 2.89. The van der Waals surface area contributed by atoms with Crippen molar-refractivity contribution in [2.24, 2.45) is 5.92 Å². The third kappa shape index (κ3) is 1.21. The summed E-state index contributed by atoms with van der Waals surface area (Å²) < 4.78 is 49.3. The maximum absolute atomic E-state index is 13.1. The van der Waals surface area contributed by atoms with Crippen LogP contribution in [0, 0.1) is 5.92 Å². The topological polar surface area (TPSA) is 17.1 Å². The Morgan fingerprint density at radius 1 is 1.42 bits per heavy atom. The first kappa shape index (κ1) is 9.48. The van der Waals surface area contributed by atoms with E-state index in [1.165, 1.54) is 0 Å². The normalized spacial score (nSPS) is 36.8. The number of hydrogen-bond acceptors (Lipinski definition) is 1. The average molecular weight is 184 g/mol. The van der Waals surface area contributed by atoms with E-state index in [1.807, 2.05) is 0 Å². The van der Waals surface area contributed by atoms with Gasteiger partial charge in [-0.1, -0.05) is 0 Å². The lowest BCUT2D eigenvalue weighted by molar-refractivity contribution is -0.238. The highest BCUT2D eigenvalue weighted by Crippen LogP contribution is 2.48. The van der Waals surface area contributed by atoms with Gasteiger partial charge in [0.05, 0.1) is 5.92 Å². The minimum atomic E-state index is -4.91. The van der Waals surface area contributed by atoms with Gasteiger partial charge in [-0.25, -0.2) is 4.39 Å². The summed E-state index contributed by atoms with van der Waals surface area (Å²) in [5, 5.41) is 0. The molecule has 1 aliphatic carbocycles. The number of halogens is 4. The summed E-state index contributed by atoms with van der Waals surface area (Å²) in [6.45, 7) is 0.